The number of benzene rings is 1. The lowest BCUT2D eigenvalue weighted by Gasteiger charge is -2.28. The molecule has 1 aromatic carbocycles. The van der Waals surface area contributed by atoms with Gasteiger partial charge < -0.3 is 9.64 Å². The molecule has 0 spiro atoms. The van der Waals surface area contributed by atoms with Gasteiger partial charge in [0.25, 0.3) is 17.5 Å². The smallest absolute Gasteiger partial charge is 0.277 e. The summed E-state index contributed by atoms with van der Waals surface area (Å²) in [6.45, 7) is 2.39. The Kier molecular flexibility index (Phi) is 8.24. The summed E-state index contributed by atoms with van der Waals surface area (Å²) >= 11 is 1.41. The first-order valence-corrected chi connectivity index (χ1v) is 13.9. The maximum atomic E-state index is 12.7. The highest BCUT2D eigenvalue weighted by Crippen LogP contribution is 2.32. The Bertz CT molecular complexity index is 1220. The number of aliphatic imine (C=N–C) groups is 1. The van der Waals surface area contributed by atoms with E-state index in [4.69, 9.17) is 4.74 Å². The van der Waals surface area contributed by atoms with Crippen LogP contribution < -0.4 is 4.74 Å². The minimum absolute atomic E-state index is 0.197. The van der Waals surface area contributed by atoms with Gasteiger partial charge in [0.15, 0.2) is 6.61 Å². The molecule has 2 aliphatic rings. The standard InChI is InChI=1S/C27H33F2N5O2S/c1-33-16-21-20(3-2-4-22(21)32-33)26(35)30-15-19-7-5-18(6-8-19)9-12-34-13-10-23-24(11-14-34)37-27(31-23)36-17-25(28)29/h2-4,15-16,18-19,25H,5-14,17H2,1H3. The van der Waals surface area contributed by atoms with E-state index in [1.165, 1.54) is 22.6 Å². The summed E-state index contributed by atoms with van der Waals surface area (Å²) in [5.41, 5.74) is 2.42. The summed E-state index contributed by atoms with van der Waals surface area (Å²) in [4.78, 5) is 25.2. The third-order valence-corrected chi connectivity index (χ3v) is 8.52. The molecular formula is C27H33F2N5O2S. The number of rotatable bonds is 8. The Morgan fingerprint density at radius 1 is 1.24 bits per heavy atom. The molecule has 37 heavy (non-hydrogen) atoms. The first-order valence-electron chi connectivity index (χ1n) is 13.1. The number of alkyl halides is 2. The van der Waals surface area contributed by atoms with Crippen molar-refractivity contribution in [1.29, 1.82) is 0 Å². The molecule has 3 aromatic rings. The number of carbonyl (C=O) groups excluding carboxylic acids is 1. The Labute approximate surface area is 219 Å². The highest BCUT2D eigenvalue weighted by Gasteiger charge is 2.23. The van der Waals surface area contributed by atoms with Gasteiger partial charge in [-0.3, -0.25) is 9.48 Å². The molecule has 1 aliphatic heterocycles. The van der Waals surface area contributed by atoms with E-state index in [-0.39, 0.29) is 5.91 Å². The molecule has 7 nitrogen and oxygen atoms in total. The number of hydrogen-bond acceptors (Lipinski definition) is 6. The number of carbonyl (C=O) groups is 1. The van der Waals surface area contributed by atoms with Gasteiger partial charge in [0, 0.05) is 49.2 Å². The van der Waals surface area contributed by atoms with Crippen LogP contribution in [-0.2, 0) is 19.9 Å². The van der Waals surface area contributed by atoms with Crippen LogP contribution in [0.15, 0.2) is 29.4 Å². The number of thiazole rings is 1. The van der Waals surface area contributed by atoms with Crippen LogP contribution in [0.4, 0.5) is 8.78 Å². The first kappa shape index (κ1) is 25.9. The van der Waals surface area contributed by atoms with Gasteiger partial charge in [-0.2, -0.15) is 5.10 Å². The molecule has 0 N–H and O–H groups in total. The van der Waals surface area contributed by atoms with Gasteiger partial charge in [-0.15, -0.1) is 0 Å². The molecule has 198 valence electrons. The fraction of sp³-hybridized carbons (Fsp3) is 0.556. The van der Waals surface area contributed by atoms with Gasteiger partial charge in [0.1, 0.15) is 0 Å². The van der Waals surface area contributed by atoms with E-state index in [9.17, 15) is 13.6 Å². The zero-order valence-electron chi connectivity index (χ0n) is 21.1. The van der Waals surface area contributed by atoms with Crippen molar-refractivity contribution >= 4 is 34.4 Å². The van der Waals surface area contributed by atoms with Crippen LogP contribution in [0.2, 0.25) is 0 Å². The minimum Gasteiger partial charge on any atom is -0.464 e. The summed E-state index contributed by atoms with van der Waals surface area (Å²) in [5.74, 6) is 0.863. The largest absolute Gasteiger partial charge is 0.464 e. The molecule has 5 rings (SSSR count). The van der Waals surface area contributed by atoms with Crippen LogP contribution in [0, 0.1) is 11.8 Å². The number of hydrogen-bond donors (Lipinski definition) is 0. The van der Waals surface area contributed by atoms with Gasteiger partial charge in [-0.25, -0.2) is 18.8 Å². The topological polar surface area (TPSA) is 72.6 Å². The molecule has 0 bridgehead atoms. The van der Waals surface area contributed by atoms with Crippen molar-refractivity contribution in [3.63, 3.8) is 0 Å². The number of ether oxygens (including phenoxy) is 1. The Balaban J connectivity index is 1.04. The molecule has 1 aliphatic carbocycles. The van der Waals surface area contributed by atoms with E-state index in [1.54, 1.807) is 4.68 Å². The summed E-state index contributed by atoms with van der Waals surface area (Å²) < 4.78 is 31.6. The first-order chi connectivity index (χ1) is 17.9. The van der Waals surface area contributed by atoms with Crippen molar-refractivity contribution in [3.05, 3.63) is 40.5 Å². The monoisotopic (exact) mass is 529 g/mol. The minimum atomic E-state index is -2.48. The molecule has 1 saturated carbocycles. The van der Waals surface area contributed by atoms with Crippen LogP contribution in [0.25, 0.3) is 10.9 Å². The fourth-order valence-electron chi connectivity index (χ4n) is 5.39. The molecule has 2 aromatic heterocycles. The number of aromatic nitrogens is 3. The zero-order chi connectivity index (χ0) is 25.8. The van der Waals surface area contributed by atoms with Gasteiger partial charge in [0.05, 0.1) is 16.8 Å². The zero-order valence-corrected chi connectivity index (χ0v) is 21.9. The maximum Gasteiger partial charge on any atom is 0.277 e. The van der Waals surface area contributed by atoms with Crippen molar-refractivity contribution in [1.82, 2.24) is 19.7 Å². The van der Waals surface area contributed by atoms with Gasteiger partial charge >= 0.3 is 0 Å². The molecule has 0 radical (unpaired) electrons. The quantitative estimate of drug-likeness (QED) is 0.376. The summed E-state index contributed by atoms with van der Waals surface area (Å²) in [6, 6.07) is 5.58. The molecular weight excluding hydrogens is 496 g/mol. The van der Waals surface area contributed by atoms with Gasteiger partial charge in [-0.05, 0) is 69.0 Å². The second kappa shape index (κ2) is 11.8. The number of aryl methyl sites for hydroxylation is 1. The van der Waals surface area contributed by atoms with Crippen molar-refractivity contribution < 1.29 is 18.3 Å². The lowest BCUT2D eigenvalue weighted by molar-refractivity contribution is 0.0816. The summed E-state index contributed by atoms with van der Waals surface area (Å²) in [7, 11) is 1.85. The van der Waals surface area contributed by atoms with E-state index >= 15 is 0 Å². The van der Waals surface area contributed by atoms with Crippen molar-refractivity contribution in [2.24, 2.45) is 23.9 Å². The maximum absolute atomic E-state index is 12.7. The number of halogens is 2. The van der Waals surface area contributed by atoms with E-state index in [0.717, 1.165) is 74.8 Å². The van der Waals surface area contributed by atoms with E-state index in [0.29, 0.717) is 22.6 Å². The number of fused-ring (bicyclic) bond motifs is 2. The lowest BCUT2D eigenvalue weighted by Crippen LogP contribution is -2.29. The highest BCUT2D eigenvalue weighted by molar-refractivity contribution is 7.13. The average molecular weight is 530 g/mol. The Hall–Kier alpha value is -2.72. The predicted molar refractivity (Wildman–Crippen MR) is 141 cm³/mol. The lowest BCUT2D eigenvalue weighted by atomic mass is 9.81. The Morgan fingerprint density at radius 2 is 2.05 bits per heavy atom. The Morgan fingerprint density at radius 3 is 2.86 bits per heavy atom. The van der Waals surface area contributed by atoms with Gasteiger partial charge in [0.2, 0.25) is 0 Å². The van der Waals surface area contributed by atoms with E-state index < -0.39 is 13.0 Å². The SMILES string of the molecule is Cn1cc2c(C(=O)N=CC3CCC(CCN4CCc5nc(OCC(F)F)sc5CC4)CC3)cccc2n1. The second-order valence-electron chi connectivity index (χ2n) is 10.1. The predicted octanol–water partition coefficient (Wildman–Crippen LogP) is 5.18. The van der Waals surface area contributed by atoms with Gasteiger partial charge in [-0.1, -0.05) is 17.4 Å². The number of nitrogens with zero attached hydrogens (tertiary/aromatic N) is 5. The van der Waals surface area contributed by atoms with Crippen LogP contribution >= 0.6 is 11.3 Å². The molecule has 0 atom stereocenters. The fourth-order valence-corrected chi connectivity index (χ4v) is 6.34. The van der Waals surface area contributed by atoms with E-state index in [1.807, 2.05) is 37.7 Å². The second-order valence-corrected chi connectivity index (χ2v) is 11.1. The van der Waals surface area contributed by atoms with E-state index in [2.05, 4.69) is 20.0 Å². The summed E-state index contributed by atoms with van der Waals surface area (Å²) in [6.07, 6.45) is 8.64. The average Bonchev–Trinajstić information content (AvgIpc) is 3.42. The van der Waals surface area contributed by atoms with Crippen molar-refractivity contribution in [3.8, 4) is 5.19 Å². The molecule has 10 heteroatoms. The third kappa shape index (κ3) is 6.59. The highest BCUT2D eigenvalue weighted by atomic mass is 32.1. The molecule has 3 heterocycles. The molecule has 0 unspecified atom stereocenters. The third-order valence-electron chi connectivity index (χ3n) is 7.45. The normalized spacial score (nSPS) is 21.0. The molecule has 1 amide bonds. The van der Waals surface area contributed by atoms with Crippen molar-refractivity contribution in [2.45, 2.75) is 51.4 Å². The van der Waals surface area contributed by atoms with Crippen LogP contribution in [-0.4, -0.2) is 64.5 Å². The van der Waals surface area contributed by atoms with Crippen LogP contribution in [0.5, 0.6) is 5.19 Å². The van der Waals surface area contributed by atoms with Crippen LogP contribution in [0.3, 0.4) is 0 Å². The van der Waals surface area contributed by atoms with Crippen LogP contribution in [0.1, 0.15) is 53.0 Å². The summed E-state index contributed by atoms with van der Waals surface area (Å²) in [5, 5.41) is 5.59. The van der Waals surface area contributed by atoms with Crippen molar-refractivity contribution in [2.75, 3.05) is 26.2 Å². The molecule has 0 saturated heterocycles. The molecule has 1 fully saturated rings. The number of amides is 1.